The molecule has 4 heteroatoms. The van der Waals surface area contributed by atoms with Gasteiger partial charge < -0.3 is 5.32 Å². The first kappa shape index (κ1) is 19.6. The van der Waals surface area contributed by atoms with Gasteiger partial charge in [0, 0.05) is 15.5 Å². The van der Waals surface area contributed by atoms with E-state index in [2.05, 4.69) is 49.5 Å². The van der Waals surface area contributed by atoms with E-state index in [9.17, 15) is 4.79 Å². The highest BCUT2D eigenvalue weighted by molar-refractivity contribution is 7.99. The smallest absolute Gasteiger partial charge is 0.234 e. The molecule has 0 unspecified atom stereocenters. The van der Waals surface area contributed by atoms with Crippen molar-refractivity contribution in [3.63, 3.8) is 0 Å². The van der Waals surface area contributed by atoms with Gasteiger partial charge in [-0.05, 0) is 43.7 Å². The maximum atomic E-state index is 12.4. The number of carbonyl (C=O) groups is 1. The molecule has 0 fully saturated rings. The molecule has 0 heterocycles. The Labute approximate surface area is 169 Å². The number of thioether (sulfide) groups is 1. The first-order valence-corrected chi connectivity index (χ1v) is 10.8. The summed E-state index contributed by atoms with van der Waals surface area (Å²) in [6.07, 6.45) is 0. The lowest BCUT2D eigenvalue weighted by Crippen LogP contribution is -2.14. The third-order valence-corrected chi connectivity index (χ3v) is 6.00. The van der Waals surface area contributed by atoms with E-state index >= 15 is 0 Å². The van der Waals surface area contributed by atoms with Crippen molar-refractivity contribution < 1.29 is 4.79 Å². The van der Waals surface area contributed by atoms with Gasteiger partial charge in [-0.2, -0.15) is 0 Å². The van der Waals surface area contributed by atoms with Crippen LogP contribution in [0.15, 0.2) is 82.6 Å². The lowest BCUT2D eigenvalue weighted by molar-refractivity contribution is -0.113. The number of nitrogens with one attached hydrogen (secondary N) is 1. The summed E-state index contributed by atoms with van der Waals surface area (Å²) in [6.45, 7) is 4.21. The second-order valence-electron chi connectivity index (χ2n) is 6.45. The minimum Gasteiger partial charge on any atom is -0.324 e. The molecule has 0 bridgehead atoms. The van der Waals surface area contributed by atoms with Gasteiger partial charge in [0.05, 0.1) is 11.4 Å². The monoisotopic (exact) mass is 393 g/mol. The highest BCUT2D eigenvalue weighted by Crippen LogP contribution is 2.33. The van der Waals surface area contributed by atoms with Crippen molar-refractivity contribution in [1.82, 2.24) is 0 Å². The molecule has 3 rings (SSSR count). The van der Waals surface area contributed by atoms with E-state index in [0.717, 1.165) is 21.2 Å². The quantitative estimate of drug-likeness (QED) is 0.509. The van der Waals surface area contributed by atoms with Gasteiger partial charge >= 0.3 is 0 Å². The third kappa shape index (κ3) is 6.19. The summed E-state index contributed by atoms with van der Waals surface area (Å²) in [5.74, 6) is 1.32. The van der Waals surface area contributed by atoms with Gasteiger partial charge in [0.15, 0.2) is 0 Å². The fourth-order valence-electron chi connectivity index (χ4n) is 2.87. The Morgan fingerprint density at radius 3 is 2.30 bits per heavy atom. The van der Waals surface area contributed by atoms with Crippen LogP contribution in [0.25, 0.3) is 0 Å². The molecule has 0 aliphatic carbocycles. The zero-order chi connectivity index (χ0) is 19.1. The van der Waals surface area contributed by atoms with E-state index in [1.54, 1.807) is 23.5 Å². The summed E-state index contributed by atoms with van der Waals surface area (Å²) >= 11 is 3.30. The largest absolute Gasteiger partial charge is 0.324 e. The van der Waals surface area contributed by atoms with Gasteiger partial charge in [0.1, 0.15) is 0 Å². The first-order chi connectivity index (χ1) is 13.1. The third-order valence-electron chi connectivity index (χ3n) is 3.92. The maximum Gasteiger partial charge on any atom is 0.234 e. The summed E-state index contributed by atoms with van der Waals surface area (Å²) in [6, 6.07) is 24.7. The Morgan fingerprint density at radius 2 is 1.56 bits per heavy atom. The predicted molar refractivity (Wildman–Crippen MR) is 118 cm³/mol. The van der Waals surface area contributed by atoms with Crippen molar-refractivity contribution in [3.05, 3.63) is 89.5 Å². The number of aryl methyl sites for hydroxylation is 2. The van der Waals surface area contributed by atoms with Crippen LogP contribution in [-0.4, -0.2) is 11.7 Å². The summed E-state index contributed by atoms with van der Waals surface area (Å²) in [5, 5.41) is 3.06. The molecule has 3 aromatic carbocycles. The Hall–Kier alpha value is -2.17. The Morgan fingerprint density at radius 1 is 0.889 bits per heavy atom. The summed E-state index contributed by atoms with van der Waals surface area (Å²) < 4.78 is 0. The molecule has 138 valence electrons. The van der Waals surface area contributed by atoms with Crippen molar-refractivity contribution >= 4 is 35.1 Å². The molecule has 3 aromatic rings. The molecule has 1 amide bonds. The van der Waals surface area contributed by atoms with Gasteiger partial charge in [-0.15, -0.1) is 11.8 Å². The summed E-state index contributed by atoms with van der Waals surface area (Å²) in [7, 11) is 0. The topological polar surface area (TPSA) is 29.1 Å². The molecule has 2 nitrogen and oxygen atoms in total. The molecular weight excluding hydrogens is 370 g/mol. The number of rotatable bonds is 7. The first-order valence-electron chi connectivity index (χ1n) is 8.87. The number of hydrogen-bond acceptors (Lipinski definition) is 3. The van der Waals surface area contributed by atoms with Crippen LogP contribution in [0.4, 0.5) is 5.69 Å². The van der Waals surface area contributed by atoms with Crippen molar-refractivity contribution in [2.45, 2.75) is 29.4 Å². The number of benzene rings is 3. The number of amides is 1. The normalized spacial score (nSPS) is 10.6. The zero-order valence-electron chi connectivity index (χ0n) is 15.6. The van der Waals surface area contributed by atoms with Crippen molar-refractivity contribution in [2.24, 2.45) is 0 Å². The van der Waals surface area contributed by atoms with Crippen LogP contribution in [0.3, 0.4) is 0 Å². The van der Waals surface area contributed by atoms with E-state index in [1.165, 1.54) is 16.7 Å². The lowest BCUT2D eigenvalue weighted by atomic mass is 10.1. The Kier molecular flexibility index (Phi) is 7.02. The van der Waals surface area contributed by atoms with Crippen LogP contribution in [0.2, 0.25) is 0 Å². The molecule has 0 aromatic heterocycles. The molecule has 0 saturated carbocycles. The fraction of sp³-hybridized carbons (Fsp3) is 0.174. The SMILES string of the molecule is Cc1cc(C)cc(CSCC(=O)Nc2ccccc2Sc2ccccc2)c1. The van der Waals surface area contributed by atoms with E-state index in [-0.39, 0.29) is 5.91 Å². The van der Waals surface area contributed by atoms with Crippen LogP contribution in [0, 0.1) is 13.8 Å². The minimum absolute atomic E-state index is 0.0329. The molecule has 0 saturated heterocycles. The number of anilines is 1. The molecule has 27 heavy (non-hydrogen) atoms. The molecule has 0 aliphatic rings. The van der Waals surface area contributed by atoms with Gasteiger partial charge in [0.25, 0.3) is 0 Å². The highest BCUT2D eigenvalue weighted by Gasteiger charge is 2.08. The van der Waals surface area contributed by atoms with E-state index in [0.29, 0.717) is 5.75 Å². The number of carbonyl (C=O) groups excluding carboxylic acids is 1. The van der Waals surface area contributed by atoms with Crippen molar-refractivity contribution in [3.8, 4) is 0 Å². The molecule has 0 aliphatic heterocycles. The number of hydrogen-bond donors (Lipinski definition) is 1. The van der Waals surface area contributed by atoms with Crippen LogP contribution in [0.1, 0.15) is 16.7 Å². The molecule has 1 N–H and O–H groups in total. The molecule has 0 radical (unpaired) electrons. The van der Waals surface area contributed by atoms with Gasteiger partial charge in [-0.1, -0.05) is 71.4 Å². The Balaban J connectivity index is 1.56. The predicted octanol–water partition coefficient (Wildman–Crippen LogP) is 6.33. The van der Waals surface area contributed by atoms with Crippen LogP contribution in [0.5, 0.6) is 0 Å². The van der Waals surface area contributed by atoms with Gasteiger partial charge in [-0.25, -0.2) is 0 Å². The van der Waals surface area contributed by atoms with Crippen LogP contribution in [-0.2, 0) is 10.5 Å². The summed E-state index contributed by atoms with van der Waals surface area (Å²) in [4.78, 5) is 14.6. The second kappa shape index (κ2) is 9.67. The molecular formula is C23H23NOS2. The number of para-hydroxylation sites is 1. The maximum absolute atomic E-state index is 12.4. The second-order valence-corrected chi connectivity index (χ2v) is 8.55. The summed E-state index contributed by atoms with van der Waals surface area (Å²) in [5.41, 5.74) is 4.66. The van der Waals surface area contributed by atoms with E-state index < -0.39 is 0 Å². The van der Waals surface area contributed by atoms with Crippen molar-refractivity contribution in [1.29, 1.82) is 0 Å². The molecule has 0 atom stereocenters. The fourth-order valence-corrected chi connectivity index (χ4v) is 4.56. The standard InChI is InChI=1S/C23H23NOS2/c1-17-12-18(2)14-19(13-17)15-26-16-23(25)24-21-10-6-7-11-22(21)27-20-8-4-3-5-9-20/h3-14H,15-16H2,1-2H3,(H,24,25). The van der Waals surface area contributed by atoms with E-state index in [1.807, 2.05) is 42.5 Å². The van der Waals surface area contributed by atoms with Crippen LogP contribution >= 0.6 is 23.5 Å². The molecule has 0 spiro atoms. The minimum atomic E-state index is 0.0329. The zero-order valence-corrected chi connectivity index (χ0v) is 17.2. The van der Waals surface area contributed by atoms with Gasteiger partial charge in [0.2, 0.25) is 5.91 Å². The van der Waals surface area contributed by atoms with Crippen molar-refractivity contribution in [2.75, 3.05) is 11.1 Å². The lowest BCUT2D eigenvalue weighted by Gasteiger charge is -2.11. The highest BCUT2D eigenvalue weighted by atomic mass is 32.2. The average molecular weight is 394 g/mol. The van der Waals surface area contributed by atoms with Crippen LogP contribution < -0.4 is 5.32 Å². The average Bonchev–Trinajstić information content (AvgIpc) is 2.63. The Bertz CT molecular complexity index is 889. The van der Waals surface area contributed by atoms with E-state index in [4.69, 9.17) is 0 Å². The van der Waals surface area contributed by atoms with Gasteiger partial charge in [-0.3, -0.25) is 4.79 Å².